The molecule has 2 heterocycles. The third-order valence-electron chi connectivity index (χ3n) is 1.94. The van der Waals surface area contributed by atoms with Crippen molar-refractivity contribution in [2.24, 2.45) is 5.10 Å². The Bertz CT molecular complexity index is 549. The van der Waals surface area contributed by atoms with Gasteiger partial charge in [0.2, 0.25) is 0 Å². The van der Waals surface area contributed by atoms with Crippen molar-refractivity contribution in [1.29, 1.82) is 0 Å². The lowest BCUT2D eigenvalue weighted by Gasteiger charge is -2.25. The Kier molecular flexibility index (Phi) is 3.13. The summed E-state index contributed by atoms with van der Waals surface area (Å²) in [7, 11) is -3.76. The van der Waals surface area contributed by atoms with Crippen molar-refractivity contribution in [3.05, 3.63) is 16.8 Å². The highest BCUT2D eigenvalue weighted by molar-refractivity contribution is 7.89. The Hall–Kier alpha value is -1.45. The van der Waals surface area contributed by atoms with Crippen LogP contribution >= 0.6 is 11.3 Å². The zero-order chi connectivity index (χ0) is 12.5. The molecule has 2 rings (SSSR count). The lowest BCUT2D eigenvalue weighted by atomic mass is 10.4. The number of hydrazine groups is 1. The van der Waals surface area contributed by atoms with Crippen molar-refractivity contribution in [2.45, 2.75) is 11.8 Å². The molecule has 91 valence electrons. The fraction of sp³-hybridized carbons (Fsp3) is 0.250. The van der Waals surface area contributed by atoms with Gasteiger partial charge in [-0.05, 0) is 18.4 Å². The summed E-state index contributed by atoms with van der Waals surface area (Å²) in [5, 5.41) is 8.83. The molecule has 0 saturated heterocycles. The summed E-state index contributed by atoms with van der Waals surface area (Å²) in [5.41, 5.74) is 2.79. The number of nitrogens with one attached hydrogen (secondary N) is 2. The first-order valence-electron chi connectivity index (χ1n) is 4.57. The fourth-order valence-electron chi connectivity index (χ4n) is 1.17. The molecular formula is C8H9N4O3S2. The van der Waals surface area contributed by atoms with Crippen LogP contribution in [0.15, 0.2) is 21.4 Å². The number of carbonyl (C=O) groups is 1. The first kappa shape index (κ1) is 12.0. The van der Waals surface area contributed by atoms with Gasteiger partial charge in [0.15, 0.2) is 0 Å². The number of carbonyl (C=O) groups excluding carboxylic acids is 1. The Morgan fingerprint density at radius 2 is 2.41 bits per heavy atom. The van der Waals surface area contributed by atoms with Crippen LogP contribution in [0.5, 0.6) is 0 Å². The first-order valence-corrected chi connectivity index (χ1v) is 6.93. The van der Waals surface area contributed by atoms with Crippen LogP contribution < -0.4 is 10.3 Å². The normalized spacial score (nSPS) is 16.6. The number of amides is 2. The number of hydrazone groups is 1. The summed E-state index contributed by atoms with van der Waals surface area (Å²) in [6.07, 6.45) is 0. The van der Waals surface area contributed by atoms with E-state index in [9.17, 15) is 13.2 Å². The summed E-state index contributed by atoms with van der Waals surface area (Å²) >= 11 is 1.14. The van der Waals surface area contributed by atoms with E-state index in [-0.39, 0.29) is 11.4 Å². The molecule has 9 heteroatoms. The van der Waals surface area contributed by atoms with Crippen molar-refractivity contribution < 1.29 is 13.2 Å². The predicted octanol–water partition coefficient (Wildman–Crippen LogP) is 0.143. The van der Waals surface area contributed by atoms with E-state index >= 15 is 0 Å². The van der Waals surface area contributed by atoms with Gasteiger partial charge in [-0.2, -0.15) is 5.10 Å². The Morgan fingerprint density at radius 1 is 1.65 bits per heavy atom. The summed E-state index contributed by atoms with van der Waals surface area (Å²) in [5.74, 6) is 0. The zero-order valence-electron chi connectivity index (χ0n) is 8.80. The van der Waals surface area contributed by atoms with E-state index in [1.54, 1.807) is 12.3 Å². The molecule has 0 aromatic carbocycles. The molecule has 1 aliphatic heterocycles. The fourth-order valence-corrected chi connectivity index (χ4v) is 3.08. The maximum Gasteiger partial charge on any atom is 0.353 e. The van der Waals surface area contributed by atoms with E-state index in [2.05, 4.69) is 20.7 Å². The van der Waals surface area contributed by atoms with Crippen LogP contribution in [0.3, 0.4) is 0 Å². The molecule has 1 aromatic heterocycles. The number of nitrogens with zero attached hydrogens (tertiary/aromatic N) is 2. The van der Waals surface area contributed by atoms with Crippen LogP contribution in [0.2, 0.25) is 0 Å². The van der Waals surface area contributed by atoms with Crippen LogP contribution in [-0.4, -0.2) is 31.7 Å². The highest BCUT2D eigenvalue weighted by Gasteiger charge is 2.25. The molecule has 7 nitrogen and oxygen atoms in total. The van der Waals surface area contributed by atoms with Crippen LogP contribution in [0.1, 0.15) is 6.92 Å². The highest BCUT2D eigenvalue weighted by atomic mass is 32.2. The van der Waals surface area contributed by atoms with Crippen molar-refractivity contribution in [1.82, 2.24) is 15.3 Å². The average Bonchev–Trinajstić information content (AvgIpc) is 2.77. The minimum absolute atomic E-state index is 0.00969. The molecular weight excluding hydrogens is 264 g/mol. The summed E-state index contributed by atoms with van der Waals surface area (Å²) in [6.45, 7) is 1.78. The van der Waals surface area contributed by atoms with Crippen molar-refractivity contribution in [2.75, 3.05) is 6.54 Å². The topological polar surface area (TPSA) is 90.9 Å². The molecule has 0 unspecified atom stereocenters. The number of thiophene rings is 1. The second kappa shape index (κ2) is 4.43. The second-order valence-corrected chi connectivity index (χ2v) is 5.67. The number of rotatable bonds is 3. The molecule has 1 radical (unpaired) electrons. The average molecular weight is 273 g/mol. The van der Waals surface area contributed by atoms with Gasteiger partial charge in [0.05, 0.1) is 17.6 Å². The maximum atomic E-state index is 11.8. The molecule has 1 aromatic rings. The molecule has 0 saturated carbocycles. The van der Waals surface area contributed by atoms with E-state index in [1.807, 2.05) is 0 Å². The Morgan fingerprint density at radius 3 is 3.06 bits per heavy atom. The highest BCUT2D eigenvalue weighted by Crippen LogP contribution is 2.12. The second-order valence-electron chi connectivity index (χ2n) is 3.33. The maximum absolute atomic E-state index is 11.8. The third-order valence-corrected chi connectivity index (χ3v) is 3.96. The molecule has 17 heavy (non-hydrogen) atoms. The van der Waals surface area contributed by atoms with Crippen molar-refractivity contribution >= 4 is 33.1 Å². The molecule has 0 fully saturated rings. The van der Waals surface area contributed by atoms with Gasteiger partial charge in [-0.15, -0.1) is 16.2 Å². The number of hydrogen-bond acceptors (Lipinski definition) is 5. The van der Waals surface area contributed by atoms with Crippen molar-refractivity contribution in [3.8, 4) is 0 Å². The summed E-state index contributed by atoms with van der Waals surface area (Å²) in [6, 6.07) is 0.796. The quantitative estimate of drug-likeness (QED) is 0.821. The van der Waals surface area contributed by atoms with Crippen LogP contribution in [0.25, 0.3) is 0 Å². The molecule has 1 aliphatic rings. The van der Waals surface area contributed by atoms with Gasteiger partial charge in [0.1, 0.15) is 4.90 Å². The van der Waals surface area contributed by atoms with Gasteiger partial charge in [0, 0.05) is 0 Å². The molecule has 0 atom stereocenters. The molecule has 0 aliphatic carbocycles. The molecule has 2 N–H and O–H groups in total. The van der Waals surface area contributed by atoms with Gasteiger partial charge in [-0.1, -0.05) is 0 Å². The number of hydrogen-bond donors (Lipinski definition) is 2. The van der Waals surface area contributed by atoms with E-state index in [0.717, 1.165) is 16.3 Å². The third kappa shape index (κ3) is 2.62. The standard InChI is InChI=1S/C8H9N4O3S2/c1-6-4-12(8(13)10-9-6)11-17(14,15)7-2-3-16-5-7/h2-3,11H,4H2,1H3,(H,10,13). The zero-order valence-corrected chi connectivity index (χ0v) is 10.4. The molecule has 0 spiro atoms. The molecule has 2 amide bonds. The van der Waals surface area contributed by atoms with Gasteiger partial charge < -0.3 is 0 Å². The van der Waals surface area contributed by atoms with Crippen LogP contribution in [0, 0.1) is 5.38 Å². The minimum atomic E-state index is -3.76. The SMILES string of the molecule is CC1=NNC(=O)N(NS(=O)(=O)c2[c]scc2)C1. The predicted molar refractivity (Wildman–Crippen MR) is 61.8 cm³/mol. The Balaban J connectivity index is 2.17. The lowest BCUT2D eigenvalue weighted by molar-refractivity contribution is 0.193. The van der Waals surface area contributed by atoms with Crippen molar-refractivity contribution in [3.63, 3.8) is 0 Å². The van der Waals surface area contributed by atoms with Gasteiger partial charge in [0.25, 0.3) is 10.0 Å². The minimum Gasteiger partial charge on any atom is -0.245 e. The first-order chi connectivity index (χ1) is 7.99. The monoisotopic (exact) mass is 273 g/mol. The van der Waals surface area contributed by atoms with Gasteiger partial charge in [-0.25, -0.2) is 23.6 Å². The smallest absolute Gasteiger partial charge is 0.245 e. The van der Waals surface area contributed by atoms with E-state index < -0.39 is 16.1 Å². The van der Waals surface area contributed by atoms with E-state index in [4.69, 9.17) is 0 Å². The molecule has 0 bridgehead atoms. The summed E-state index contributed by atoms with van der Waals surface area (Å²) in [4.78, 5) is 13.5. The van der Waals surface area contributed by atoms with E-state index in [1.165, 1.54) is 6.07 Å². The van der Waals surface area contributed by atoms with Crippen LogP contribution in [-0.2, 0) is 10.0 Å². The van der Waals surface area contributed by atoms with Crippen LogP contribution in [0.4, 0.5) is 4.79 Å². The Labute approximate surface area is 102 Å². The van der Waals surface area contributed by atoms with E-state index in [0.29, 0.717) is 5.71 Å². The number of urea groups is 1. The summed E-state index contributed by atoms with van der Waals surface area (Å²) < 4.78 is 23.6. The number of sulfonamides is 1. The van der Waals surface area contributed by atoms with Gasteiger partial charge >= 0.3 is 6.03 Å². The lowest BCUT2D eigenvalue weighted by Crippen LogP contribution is -2.54. The van der Waals surface area contributed by atoms with Gasteiger partial charge in [-0.3, -0.25) is 0 Å². The largest absolute Gasteiger partial charge is 0.353 e.